The molecule has 0 saturated heterocycles. The van der Waals surface area contributed by atoms with Crippen molar-refractivity contribution in [3.63, 3.8) is 0 Å². The zero-order chi connectivity index (χ0) is 18.5. The highest BCUT2D eigenvalue weighted by Crippen LogP contribution is 2.11. The Balaban J connectivity index is 1.86. The molecule has 25 heavy (non-hydrogen) atoms. The van der Waals surface area contributed by atoms with Crippen LogP contribution in [0, 0.1) is 0 Å². The zero-order valence-corrected chi connectivity index (χ0v) is 16.5. The molecular formula is C17H26BrNO6. The van der Waals surface area contributed by atoms with Crippen molar-refractivity contribution in [2.24, 2.45) is 0 Å². The van der Waals surface area contributed by atoms with Crippen molar-refractivity contribution < 1.29 is 28.5 Å². The fourth-order valence-electron chi connectivity index (χ4n) is 1.62. The van der Waals surface area contributed by atoms with Crippen LogP contribution in [-0.2, 0) is 23.7 Å². The molecule has 0 aliphatic carbocycles. The summed E-state index contributed by atoms with van der Waals surface area (Å²) in [4.78, 5) is 15.5. The second-order valence-corrected chi connectivity index (χ2v) is 6.94. The number of carbonyl (C=O) groups is 1. The molecule has 1 aromatic heterocycles. The number of carbonyl (C=O) groups excluding carboxylic acids is 1. The number of pyridine rings is 1. The Bertz CT molecular complexity index is 489. The summed E-state index contributed by atoms with van der Waals surface area (Å²) in [5, 5.41) is 0. The third-order valence-corrected chi connectivity index (χ3v) is 3.03. The molecule has 7 nitrogen and oxygen atoms in total. The Morgan fingerprint density at radius 3 is 2.16 bits per heavy atom. The van der Waals surface area contributed by atoms with Gasteiger partial charge in [-0.25, -0.2) is 9.78 Å². The second-order valence-electron chi connectivity index (χ2n) is 6.03. The number of nitrogens with zero attached hydrogens (tertiary/aromatic N) is 1. The summed E-state index contributed by atoms with van der Waals surface area (Å²) in [7, 11) is 0. The highest BCUT2D eigenvalue weighted by atomic mass is 79.9. The van der Waals surface area contributed by atoms with Gasteiger partial charge in [-0.1, -0.05) is 0 Å². The topological polar surface area (TPSA) is 76.1 Å². The highest BCUT2D eigenvalue weighted by molar-refractivity contribution is 9.10. The van der Waals surface area contributed by atoms with Crippen molar-refractivity contribution in [3.8, 4) is 5.88 Å². The molecule has 0 bridgehead atoms. The molecule has 0 atom stereocenters. The lowest BCUT2D eigenvalue weighted by Crippen LogP contribution is -2.27. The first-order valence-corrected chi connectivity index (χ1v) is 8.85. The van der Waals surface area contributed by atoms with Crippen LogP contribution in [0.4, 0.5) is 0 Å². The van der Waals surface area contributed by atoms with Gasteiger partial charge in [0.15, 0.2) is 0 Å². The average molecular weight is 420 g/mol. The van der Waals surface area contributed by atoms with Crippen LogP contribution in [0.3, 0.4) is 0 Å². The van der Waals surface area contributed by atoms with Crippen molar-refractivity contribution >= 4 is 21.9 Å². The number of rotatable bonds is 12. The number of hydrogen-bond acceptors (Lipinski definition) is 7. The van der Waals surface area contributed by atoms with Gasteiger partial charge in [0.05, 0.1) is 33.0 Å². The van der Waals surface area contributed by atoms with Crippen LogP contribution in [0.15, 0.2) is 22.8 Å². The summed E-state index contributed by atoms with van der Waals surface area (Å²) in [6.45, 7) is 7.89. The normalized spacial score (nSPS) is 11.4. The van der Waals surface area contributed by atoms with Crippen molar-refractivity contribution in [2.75, 3.05) is 46.2 Å². The van der Waals surface area contributed by atoms with E-state index in [2.05, 4.69) is 20.9 Å². The van der Waals surface area contributed by atoms with Crippen molar-refractivity contribution in [1.82, 2.24) is 4.98 Å². The summed E-state index contributed by atoms with van der Waals surface area (Å²) in [6, 6.07) is 3.65. The lowest BCUT2D eigenvalue weighted by Gasteiger charge is -2.19. The minimum absolute atomic E-state index is 0.0709. The summed E-state index contributed by atoms with van der Waals surface area (Å²) in [6.07, 6.45) is 1.68. The van der Waals surface area contributed by atoms with Gasteiger partial charge >= 0.3 is 5.97 Å². The Morgan fingerprint density at radius 1 is 1.00 bits per heavy atom. The zero-order valence-electron chi connectivity index (χ0n) is 15.0. The van der Waals surface area contributed by atoms with E-state index in [4.69, 9.17) is 23.7 Å². The van der Waals surface area contributed by atoms with E-state index in [-0.39, 0.29) is 12.6 Å². The minimum atomic E-state index is -0.495. The Labute approximate surface area is 157 Å². The predicted octanol–water partition coefficient (Wildman–Crippen LogP) is 2.61. The maximum absolute atomic E-state index is 11.4. The lowest BCUT2D eigenvalue weighted by atomic mass is 10.2. The van der Waals surface area contributed by atoms with E-state index < -0.39 is 5.60 Å². The van der Waals surface area contributed by atoms with Gasteiger partial charge in [0.25, 0.3) is 0 Å². The predicted molar refractivity (Wildman–Crippen MR) is 95.7 cm³/mol. The van der Waals surface area contributed by atoms with Crippen molar-refractivity contribution in [3.05, 3.63) is 22.8 Å². The molecule has 8 heteroatoms. The summed E-state index contributed by atoms with van der Waals surface area (Å²) in [5.74, 6) is 0.182. The van der Waals surface area contributed by atoms with Gasteiger partial charge in [-0.2, -0.15) is 0 Å². The molecule has 0 N–H and O–H groups in total. The fraction of sp³-hybridized carbons (Fsp3) is 0.647. The number of hydrogen-bond donors (Lipinski definition) is 0. The van der Waals surface area contributed by atoms with E-state index in [9.17, 15) is 4.79 Å². The minimum Gasteiger partial charge on any atom is -0.475 e. The van der Waals surface area contributed by atoms with Gasteiger partial charge in [-0.3, -0.25) is 0 Å². The quantitative estimate of drug-likeness (QED) is 0.380. The molecule has 142 valence electrons. The maximum Gasteiger partial charge on any atom is 0.332 e. The first-order chi connectivity index (χ1) is 11.9. The molecule has 0 amide bonds. The highest BCUT2D eigenvalue weighted by Gasteiger charge is 2.15. The lowest BCUT2D eigenvalue weighted by molar-refractivity contribution is -0.160. The Morgan fingerprint density at radius 2 is 1.60 bits per heavy atom. The molecule has 1 aromatic rings. The number of aromatic nitrogens is 1. The van der Waals surface area contributed by atoms with E-state index in [1.54, 1.807) is 12.3 Å². The van der Waals surface area contributed by atoms with Crippen LogP contribution in [0.5, 0.6) is 5.88 Å². The molecule has 0 spiro atoms. The molecular weight excluding hydrogens is 394 g/mol. The smallest absolute Gasteiger partial charge is 0.332 e. The van der Waals surface area contributed by atoms with Crippen LogP contribution in [0.25, 0.3) is 0 Å². The summed E-state index contributed by atoms with van der Waals surface area (Å²) >= 11 is 3.31. The average Bonchev–Trinajstić information content (AvgIpc) is 2.52. The van der Waals surface area contributed by atoms with Crippen LogP contribution >= 0.6 is 15.9 Å². The first-order valence-electron chi connectivity index (χ1n) is 8.06. The molecule has 0 aromatic carbocycles. The fourth-order valence-corrected chi connectivity index (χ4v) is 1.85. The van der Waals surface area contributed by atoms with Gasteiger partial charge in [-0.05, 0) is 42.8 Å². The molecule has 1 rings (SSSR count). The third kappa shape index (κ3) is 12.7. The van der Waals surface area contributed by atoms with Gasteiger partial charge < -0.3 is 23.7 Å². The van der Waals surface area contributed by atoms with Gasteiger partial charge in [-0.15, -0.1) is 0 Å². The third-order valence-electron chi connectivity index (χ3n) is 2.56. The standard InChI is InChI=1S/C17H26BrNO6/c1-17(2,3)25-16(20)13-23-9-8-21-6-7-22-10-11-24-15-5-4-14(18)12-19-15/h4-5,12H,6-11,13H2,1-3H3. The van der Waals surface area contributed by atoms with Crippen molar-refractivity contribution in [1.29, 1.82) is 0 Å². The van der Waals surface area contributed by atoms with E-state index in [0.29, 0.717) is 45.5 Å². The Kier molecular flexibility index (Phi) is 10.6. The summed E-state index contributed by atoms with van der Waals surface area (Å²) in [5.41, 5.74) is -0.495. The molecule has 0 radical (unpaired) electrons. The van der Waals surface area contributed by atoms with Gasteiger partial charge in [0.2, 0.25) is 5.88 Å². The van der Waals surface area contributed by atoms with Crippen LogP contribution in [0.1, 0.15) is 20.8 Å². The Hall–Kier alpha value is -1.22. The molecule has 0 fully saturated rings. The molecule has 1 heterocycles. The SMILES string of the molecule is CC(C)(C)OC(=O)COCCOCCOCCOc1ccc(Br)cn1. The monoisotopic (exact) mass is 419 g/mol. The maximum atomic E-state index is 11.4. The van der Waals surface area contributed by atoms with E-state index in [0.717, 1.165) is 4.47 Å². The number of halogens is 1. The first kappa shape index (κ1) is 21.8. The van der Waals surface area contributed by atoms with Crippen molar-refractivity contribution in [2.45, 2.75) is 26.4 Å². The number of esters is 1. The van der Waals surface area contributed by atoms with E-state index in [1.165, 1.54) is 0 Å². The van der Waals surface area contributed by atoms with E-state index >= 15 is 0 Å². The van der Waals surface area contributed by atoms with E-state index in [1.807, 2.05) is 26.8 Å². The molecule has 0 unspecified atom stereocenters. The molecule has 0 saturated carbocycles. The van der Waals surface area contributed by atoms with Gasteiger partial charge in [0, 0.05) is 16.7 Å². The number of ether oxygens (including phenoxy) is 5. The van der Waals surface area contributed by atoms with Gasteiger partial charge in [0.1, 0.15) is 18.8 Å². The largest absolute Gasteiger partial charge is 0.475 e. The summed E-state index contributed by atoms with van der Waals surface area (Å²) < 4.78 is 27.3. The van der Waals surface area contributed by atoms with Crippen LogP contribution in [-0.4, -0.2) is 62.8 Å². The molecule has 0 aliphatic heterocycles. The van der Waals surface area contributed by atoms with Crippen LogP contribution in [0.2, 0.25) is 0 Å². The second kappa shape index (κ2) is 12.2. The van der Waals surface area contributed by atoms with Crippen LogP contribution < -0.4 is 4.74 Å². The molecule has 0 aliphatic rings.